The number of hydrogen-bond acceptors (Lipinski definition) is 8. The summed E-state index contributed by atoms with van der Waals surface area (Å²) in [5, 5.41) is 8.55. The van der Waals surface area contributed by atoms with Crippen molar-refractivity contribution in [1.82, 2.24) is 34.9 Å². The number of ketones is 1. The number of rotatable bonds is 7. The van der Waals surface area contributed by atoms with Gasteiger partial charge in [-0.1, -0.05) is 6.07 Å². The summed E-state index contributed by atoms with van der Waals surface area (Å²) >= 11 is 4.60. The predicted molar refractivity (Wildman–Crippen MR) is 147 cm³/mol. The monoisotopic (exact) mass is 595 g/mol. The molecule has 0 radical (unpaired) electrons. The van der Waals surface area contributed by atoms with Gasteiger partial charge in [-0.2, -0.15) is 5.10 Å². The van der Waals surface area contributed by atoms with Crippen LogP contribution in [0.4, 0.5) is 0 Å². The highest BCUT2D eigenvalue weighted by Crippen LogP contribution is 2.27. The van der Waals surface area contributed by atoms with E-state index < -0.39 is 0 Å². The largest absolute Gasteiger partial charge is 0.350 e. The highest BCUT2D eigenvalue weighted by Gasteiger charge is 2.26. The average molecular weight is 597 g/mol. The first-order valence-corrected chi connectivity index (χ1v) is 13.9. The summed E-state index contributed by atoms with van der Waals surface area (Å²) in [4.78, 5) is 52.5. The van der Waals surface area contributed by atoms with Crippen LogP contribution in [0, 0.1) is 12.8 Å². The molecular formula is C26H26BrN7O3S. The smallest absolute Gasteiger partial charge is 0.280 e. The van der Waals surface area contributed by atoms with Crippen molar-refractivity contribution in [3.63, 3.8) is 0 Å². The summed E-state index contributed by atoms with van der Waals surface area (Å²) in [5.41, 5.74) is 2.76. The van der Waals surface area contributed by atoms with Crippen LogP contribution in [0.3, 0.4) is 0 Å². The maximum absolute atomic E-state index is 13.3. The number of aryl methyl sites for hydroxylation is 1. The topological polar surface area (TPSA) is 123 Å². The minimum absolute atomic E-state index is 0.0307. The second kappa shape index (κ2) is 11.1. The van der Waals surface area contributed by atoms with Crippen molar-refractivity contribution in [2.75, 3.05) is 19.6 Å². The molecule has 4 heterocycles. The van der Waals surface area contributed by atoms with Gasteiger partial charge in [0.2, 0.25) is 5.91 Å². The fourth-order valence-electron chi connectivity index (χ4n) is 4.64. The number of hydrogen-bond donors (Lipinski definition) is 1. The van der Waals surface area contributed by atoms with Crippen molar-refractivity contribution in [3.05, 3.63) is 57.1 Å². The highest BCUT2D eigenvalue weighted by atomic mass is 79.9. The number of benzene rings is 1. The van der Waals surface area contributed by atoms with E-state index in [1.54, 1.807) is 23.3 Å². The van der Waals surface area contributed by atoms with Crippen LogP contribution in [0.2, 0.25) is 0 Å². The van der Waals surface area contributed by atoms with Crippen molar-refractivity contribution in [2.45, 2.75) is 33.2 Å². The third-order valence-corrected chi connectivity index (χ3v) is 8.05. The lowest BCUT2D eigenvalue weighted by Crippen LogP contribution is -2.44. The van der Waals surface area contributed by atoms with Crippen molar-refractivity contribution in [1.29, 1.82) is 0 Å². The quantitative estimate of drug-likeness (QED) is 0.321. The molecule has 1 aliphatic heterocycles. The van der Waals surface area contributed by atoms with E-state index in [-0.39, 0.29) is 30.1 Å². The maximum atomic E-state index is 13.3. The summed E-state index contributed by atoms with van der Waals surface area (Å²) in [7, 11) is 0. The Balaban J connectivity index is 1.29. The Morgan fingerprint density at radius 2 is 1.92 bits per heavy atom. The first kappa shape index (κ1) is 26.1. The summed E-state index contributed by atoms with van der Waals surface area (Å²) in [6.45, 7) is 5.01. The second-order valence-corrected chi connectivity index (χ2v) is 11.8. The van der Waals surface area contributed by atoms with Gasteiger partial charge in [0.1, 0.15) is 18.1 Å². The van der Waals surface area contributed by atoms with E-state index in [0.717, 1.165) is 33.3 Å². The van der Waals surface area contributed by atoms with E-state index in [0.29, 0.717) is 41.5 Å². The van der Waals surface area contributed by atoms with E-state index >= 15 is 0 Å². The normalized spacial score (nSPS) is 15.6. The van der Waals surface area contributed by atoms with E-state index in [4.69, 9.17) is 0 Å². The lowest BCUT2D eigenvalue weighted by atomic mass is 9.98. The molecule has 0 unspecified atom stereocenters. The number of Topliss-reactive ketones (excluding diaryl/α,β-unsaturated/α-hetero) is 1. The SMILES string of the molecule is CC(=O)c1nn(CC(=O)N2CCC[C@@H](CNC(=O)c3ncc(Br)s3)C2)c2ccc(-c3cnc(C)nc3)cc12. The van der Waals surface area contributed by atoms with Crippen LogP contribution in [-0.4, -0.2) is 66.9 Å². The summed E-state index contributed by atoms with van der Waals surface area (Å²) in [6, 6.07) is 5.70. The molecule has 0 bridgehead atoms. The summed E-state index contributed by atoms with van der Waals surface area (Å²) in [5.74, 6) is 0.391. The van der Waals surface area contributed by atoms with Crippen LogP contribution in [0.5, 0.6) is 0 Å². The number of thiazole rings is 1. The van der Waals surface area contributed by atoms with Crippen LogP contribution in [0.15, 0.2) is 40.6 Å². The molecule has 0 saturated carbocycles. The number of carbonyl (C=O) groups is 3. The number of fused-ring (bicyclic) bond motifs is 1. The molecule has 5 rings (SSSR count). The van der Waals surface area contributed by atoms with E-state index in [1.807, 2.05) is 30.0 Å². The van der Waals surface area contributed by atoms with Crippen LogP contribution in [0.1, 0.15) is 45.9 Å². The van der Waals surface area contributed by atoms with Gasteiger partial charge in [0, 0.05) is 49.9 Å². The van der Waals surface area contributed by atoms with Crippen LogP contribution >= 0.6 is 27.3 Å². The summed E-state index contributed by atoms with van der Waals surface area (Å²) < 4.78 is 2.41. The Hall–Kier alpha value is -3.51. The number of nitrogens with one attached hydrogen (secondary N) is 1. The van der Waals surface area contributed by atoms with Gasteiger partial charge in [-0.25, -0.2) is 15.0 Å². The highest BCUT2D eigenvalue weighted by molar-refractivity contribution is 9.11. The number of aromatic nitrogens is 5. The average Bonchev–Trinajstić information content (AvgIpc) is 3.51. The number of carbonyl (C=O) groups excluding carboxylic acids is 3. The number of halogens is 1. The lowest BCUT2D eigenvalue weighted by molar-refractivity contribution is -0.133. The molecule has 1 saturated heterocycles. The van der Waals surface area contributed by atoms with Crippen molar-refractivity contribution in [3.8, 4) is 11.1 Å². The van der Waals surface area contributed by atoms with Gasteiger partial charge in [-0.3, -0.25) is 19.1 Å². The van der Waals surface area contributed by atoms with Gasteiger partial charge in [-0.15, -0.1) is 11.3 Å². The molecule has 12 heteroatoms. The van der Waals surface area contributed by atoms with Gasteiger partial charge in [0.15, 0.2) is 10.8 Å². The number of likely N-dealkylation sites (tertiary alicyclic amines) is 1. The van der Waals surface area contributed by atoms with Crippen LogP contribution in [-0.2, 0) is 11.3 Å². The van der Waals surface area contributed by atoms with E-state index in [1.165, 1.54) is 18.3 Å². The molecule has 1 N–H and O–H groups in total. The van der Waals surface area contributed by atoms with Gasteiger partial charge in [-0.05, 0) is 59.3 Å². The van der Waals surface area contributed by atoms with Gasteiger partial charge in [0.25, 0.3) is 5.91 Å². The number of amides is 2. The molecule has 1 fully saturated rings. The molecular weight excluding hydrogens is 570 g/mol. The minimum Gasteiger partial charge on any atom is -0.350 e. The zero-order valence-electron chi connectivity index (χ0n) is 21.0. The molecule has 196 valence electrons. The Kier molecular flexibility index (Phi) is 7.61. The molecule has 0 aliphatic carbocycles. The third kappa shape index (κ3) is 5.65. The molecule has 0 spiro atoms. The number of piperidine rings is 1. The van der Waals surface area contributed by atoms with Crippen molar-refractivity contribution < 1.29 is 14.4 Å². The third-order valence-electron chi connectivity index (χ3n) is 6.58. The fraction of sp³-hybridized carbons (Fsp3) is 0.346. The summed E-state index contributed by atoms with van der Waals surface area (Å²) in [6.07, 6.45) is 6.88. The molecule has 3 aromatic heterocycles. The molecule has 1 aromatic carbocycles. The standard InChI is InChI=1S/C26H26BrN7O3S/c1-15(35)24-20-8-18(19-10-28-16(2)29-11-19)5-6-21(20)34(32-24)14-23(36)33-7-3-4-17(13-33)9-30-25(37)26-31-12-22(27)38-26/h5-6,8,10-12,17H,3-4,7,9,13-14H2,1-2H3,(H,30,37)/t17-/m0/s1. The zero-order valence-corrected chi connectivity index (χ0v) is 23.4. The Morgan fingerprint density at radius 3 is 2.63 bits per heavy atom. The van der Waals surface area contributed by atoms with Gasteiger partial charge in [0.05, 0.1) is 15.5 Å². The molecule has 38 heavy (non-hydrogen) atoms. The minimum atomic E-state index is -0.208. The maximum Gasteiger partial charge on any atom is 0.280 e. The first-order valence-electron chi connectivity index (χ1n) is 12.3. The van der Waals surface area contributed by atoms with Crippen molar-refractivity contribution in [2.24, 2.45) is 5.92 Å². The second-order valence-electron chi connectivity index (χ2n) is 9.34. The Morgan fingerprint density at radius 1 is 1.13 bits per heavy atom. The van der Waals surface area contributed by atoms with Gasteiger partial charge >= 0.3 is 0 Å². The van der Waals surface area contributed by atoms with Crippen LogP contribution in [0.25, 0.3) is 22.0 Å². The predicted octanol–water partition coefficient (Wildman–Crippen LogP) is 3.89. The van der Waals surface area contributed by atoms with Gasteiger partial charge < -0.3 is 10.2 Å². The molecule has 1 aliphatic rings. The Labute approximate surface area is 231 Å². The molecule has 2 amide bonds. The number of nitrogens with zero attached hydrogens (tertiary/aromatic N) is 6. The Bertz CT molecular complexity index is 1520. The van der Waals surface area contributed by atoms with Crippen LogP contribution < -0.4 is 5.32 Å². The molecule has 10 nitrogen and oxygen atoms in total. The van der Waals surface area contributed by atoms with Crippen molar-refractivity contribution >= 4 is 55.8 Å². The first-order chi connectivity index (χ1) is 18.3. The van der Waals surface area contributed by atoms with E-state index in [9.17, 15) is 14.4 Å². The molecule has 4 aromatic rings. The zero-order chi connectivity index (χ0) is 26.8. The molecule has 1 atom stereocenters. The fourth-order valence-corrected chi connectivity index (χ4v) is 5.76. The lowest BCUT2D eigenvalue weighted by Gasteiger charge is -2.33. The van der Waals surface area contributed by atoms with E-state index in [2.05, 4.69) is 41.3 Å².